The Kier molecular flexibility index (Phi) is 6.91. The summed E-state index contributed by atoms with van der Waals surface area (Å²) < 4.78 is 4.80. The topological polar surface area (TPSA) is 60.9 Å². The molecule has 0 aliphatic carbocycles. The summed E-state index contributed by atoms with van der Waals surface area (Å²) in [6.45, 7) is 0. The van der Waals surface area contributed by atoms with Crippen LogP contribution >= 0.6 is 0 Å². The SMILES string of the molecule is c1ccc(-c2nc(-c3ccc(-n4c5cccc6c7ccccc7n7c(-c8cccc9ccccc89)nc8ccc4c(c65)c87)cc3)nc(-c3ccc4ccccc4c3)n2)cc1. The number of benzene rings is 9. The first-order valence-electron chi connectivity index (χ1n) is 20.2. The van der Waals surface area contributed by atoms with Gasteiger partial charge in [0.25, 0.3) is 0 Å². The summed E-state index contributed by atoms with van der Waals surface area (Å²) in [6, 6.07) is 68.5. The van der Waals surface area contributed by atoms with Crippen LogP contribution in [0.25, 0.3) is 122 Å². The van der Waals surface area contributed by atoms with Crippen LogP contribution in [0.2, 0.25) is 0 Å². The molecule has 0 saturated carbocycles. The van der Waals surface area contributed by atoms with E-state index in [-0.39, 0.29) is 0 Å². The van der Waals surface area contributed by atoms with Gasteiger partial charge >= 0.3 is 0 Å². The van der Waals surface area contributed by atoms with Gasteiger partial charge in [0.05, 0.1) is 27.6 Å². The third-order valence-corrected chi connectivity index (χ3v) is 12.1. The van der Waals surface area contributed by atoms with Crippen LogP contribution in [0.1, 0.15) is 0 Å². The average molecular weight is 765 g/mol. The molecule has 0 atom stereocenters. The van der Waals surface area contributed by atoms with Crippen molar-refractivity contribution in [1.82, 2.24) is 28.9 Å². The highest BCUT2D eigenvalue weighted by atomic mass is 15.1. The molecule has 4 aromatic heterocycles. The number of hydrogen-bond acceptors (Lipinski definition) is 4. The van der Waals surface area contributed by atoms with Crippen molar-refractivity contribution in [2.24, 2.45) is 0 Å². The molecule has 4 heterocycles. The Bertz CT molecular complexity index is 3820. The van der Waals surface area contributed by atoms with Crippen molar-refractivity contribution in [2.45, 2.75) is 0 Å². The Balaban J connectivity index is 1.02. The zero-order valence-electron chi connectivity index (χ0n) is 32.2. The first kappa shape index (κ1) is 32.8. The van der Waals surface area contributed by atoms with Crippen molar-refractivity contribution in [3.63, 3.8) is 0 Å². The number of rotatable bonds is 5. The molecule has 6 heteroatoms. The number of hydrogen-bond donors (Lipinski definition) is 0. The summed E-state index contributed by atoms with van der Waals surface area (Å²) >= 11 is 0. The van der Waals surface area contributed by atoms with E-state index in [0.29, 0.717) is 17.5 Å². The summed E-state index contributed by atoms with van der Waals surface area (Å²) in [4.78, 5) is 20.6. The van der Waals surface area contributed by atoms with Gasteiger partial charge in [0.2, 0.25) is 0 Å². The van der Waals surface area contributed by atoms with E-state index < -0.39 is 0 Å². The summed E-state index contributed by atoms with van der Waals surface area (Å²) in [5.41, 5.74) is 10.5. The van der Waals surface area contributed by atoms with E-state index in [9.17, 15) is 0 Å². The number of para-hydroxylation sites is 1. The zero-order valence-corrected chi connectivity index (χ0v) is 32.2. The summed E-state index contributed by atoms with van der Waals surface area (Å²) in [6.07, 6.45) is 0. The summed E-state index contributed by atoms with van der Waals surface area (Å²) in [5.74, 6) is 2.85. The highest BCUT2D eigenvalue weighted by molar-refractivity contribution is 6.30. The maximum Gasteiger partial charge on any atom is 0.164 e. The fourth-order valence-corrected chi connectivity index (χ4v) is 9.38. The lowest BCUT2D eigenvalue weighted by Crippen LogP contribution is -2.00. The molecule has 9 aromatic carbocycles. The minimum atomic E-state index is 0.626. The minimum Gasteiger partial charge on any atom is -0.309 e. The second-order valence-corrected chi connectivity index (χ2v) is 15.5. The number of aromatic nitrogens is 6. The van der Waals surface area contributed by atoms with Crippen molar-refractivity contribution < 1.29 is 0 Å². The monoisotopic (exact) mass is 764 g/mol. The van der Waals surface area contributed by atoms with Crippen LogP contribution in [0.4, 0.5) is 0 Å². The van der Waals surface area contributed by atoms with Gasteiger partial charge in [0, 0.05) is 44.1 Å². The van der Waals surface area contributed by atoms with E-state index in [0.717, 1.165) is 66.7 Å². The third kappa shape index (κ3) is 4.82. The largest absolute Gasteiger partial charge is 0.309 e. The summed E-state index contributed by atoms with van der Waals surface area (Å²) in [7, 11) is 0. The highest BCUT2D eigenvalue weighted by Crippen LogP contribution is 2.44. The average Bonchev–Trinajstić information content (AvgIpc) is 3.83. The lowest BCUT2D eigenvalue weighted by molar-refractivity contribution is 1.07. The van der Waals surface area contributed by atoms with Crippen LogP contribution < -0.4 is 0 Å². The molecular formula is C54H32N6. The standard InChI is InChI=1S/C54H32N6/c1-2-14-35(15-3-1)51-56-52(58-53(57-51)38-25-24-33-12-4-5-16-37(33)32-38)36-26-28-39(29-27-36)59-46-23-11-20-42-41-19-8-9-22-45(41)60-50-44(30-31-47(59)49(50)48(42)46)55-54(60)43-21-10-17-34-13-6-7-18-40(34)43/h1-32H. The van der Waals surface area contributed by atoms with Crippen molar-refractivity contribution >= 4 is 70.7 Å². The molecule has 13 rings (SSSR count). The lowest BCUT2D eigenvalue weighted by Gasteiger charge is -2.11. The predicted molar refractivity (Wildman–Crippen MR) is 246 cm³/mol. The van der Waals surface area contributed by atoms with Gasteiger partial charge in [-0.15, -0.1) is 0 Å². The number of nitrogens with zero attached hydrogens (tertiary/aromatic N) is 6. The molecule has 0 fully saturated rings. The van der Waals surface area contributed by atoms with Crippen LogP contribution in [0.5, 0.6) is 0 Å². The summed E-state index contributed by atoms with van der Waals surface area (Å²) in [5, 5.41) is 9.51. The Morgan fingerprint density at radius 1 is 0.350 bits per heavy atom. The number of imidazole rings is 1. The maximum absolute atomic E-state index is 5.42. The first-order valence-corrected chi connectivity index (χ1v) is 20.2. The minimum absolute atomic E-state index is 0.626. The van der Waals surface area contributed by atoms with Crippen LogP contribution in [0.15, 0.2) is 194 Å². The zero-order chi connectivity index (χ0) is 39.3. The Labute approximate surface area is 343 Å². The van der Waals surface area contributed by atoms with Gasteiger partial charge < -0.3 is 4.57 Å². The molecule has 0 amide bonds. The van der Waals surface area contributed by atoms with Crippen LogP contribution in [-0.2, 0) is 0 Å². The molecule has 60 heavy (non-hydrogen) atoms. The van der Waals surface area contributed by atoms with E-state index in [1.165, 1.54) is 37.7 Å². The normalized spacial score (nSPS) is 12.0. The van der Waals surface area contributed by atoms with E-state index >= 15 is 0 Å². The smallest absolute Gasteiger partial charge is 0.164 e. The molecule has 0 N–H and O–H groups in total. The van der Waals surface area contributed by atoms with Crippen molar-refractivity contribution in [2.75, 3.05) is 0 Å². The molecular weight excluding hydrogens is 733 g/mol. The maximum atomic E-state index is 5.42. The number of fused-ring (bicyclic) bond motifs is 5. The molecule has 0 spiro atoms. The molecule has 0 aliphatic rings. The van der Waals surface area contributed by atoms with Crippen LogP contribution in [0.3, 0.4) is 0 Å². The molecule has 0 radical (unpaired) electrons. The lowest BCUT2D eigenvalue weighted by atomic mass is 10.0. The molecule has 0 bridgehead atoms. The molecule has 278 valence electrons. The fourth-order valence-electron chi connectivity index (χ4n) is 9.38. The van der Waals surface area contributed by atoms with Crippen LogP contribution in [-0.4, -0.2) is 28.9 Å². The van der Waals surface area contributed by atoms with Gasteiger partial charge in [0.1, 0.15) is 5.82 Å². The Hall–Kier alpha value is -8.22. The van der Waals surface area contributed by atoms with Crippen LogP contribution in [0, 0.1) is 0 Å². The van der Waals surface area contributed by atoms with E-state index in [1.807, 2.05) is 30.3 Å². The van der Waals surface area contributed by atoms with E-state index in [4.69, 9.17) is 19.9 Å². The first-order chi connectivity index (χ1) is 29.7. The van der Waals surface area contributed by atoms with Gasteiger partial charge in [-0.2, -0.15) is 0 Å². The third-order valence-electron chi connectivity index (χ3n) is 12.1. The Morgan fingerprint density at radius 3 is 1.78 bits per heavy atom. The van der Waals surface area contributed by atoms with Crippen molar-refractivity contribution in [1.29, 1.82) is 0 Å². The molecule has 0 unspecified atom stereocenters. The van der Waals surface area contributed by atoms with Gasteiger partial charge in [-0.1, -0.05) is 140 Å². The molecule has 13 aromatic rings. The Morgan fingerprint density at radius 2 is 0.950 bits per heavy atom. The second kappa shape index (κ2) is 12.6. The fraction of sp³-hybridized carbons (Fsp3) is 0. The predicted octanol–water partition coefficient (Wildman–Crippen LogP) is 13.3. The van der Waals surface area contributed by atoms with Gasteiger partial charge in [-0.3, -0.25) is 4.40 Å². The molecule has 0 saturated heterocycles. The highest BCUT2D eigenvalue weighted by Gasteiger charge is 2.24. The quantitative estimate of drug-likeness (QED) is 0.175. The van der Waals surface area contributed by atoms with Crippen molar-refractivity contribution in [3.8, 4) is 51.2 Å². The van der Waals surface area contributed by atoms with Gasteiger partial charge in [-0.05, 0) is 81.5 Å². The molecule has 0 aliphatic heterocycles. The van der Waals surface area contributed by atoms with Crippen molar-refractivity contribution in [3.05, 3.63) is 194 Å². The molecule has 6 nitrogen and oxygen atoms in total. The van der Waals surface area contributed by atoms with Gasteiger partial charge in [0.15, 0.2) is 17.5 Å². The second-order valence-electron chi connectivity index (χ2n) is 15.5. The van der Waals surface area contributed by atoms with E-state index in [2.05, 4.69) is 173 Å². The van der Waals surface area contributed by atoms with E-state index in [1.54, 1.807) is 0 Å². The van der Waals surface area contributed by atoms with Gasteiger partial charge in [-0.25, -0.2) is 19.9 Å².